The minimum Gasteiger partial charge on any atom is -0.444 e. The van der Waals surface area contributed by atoms with Gasteiger partial charge in [-0.1, -0.05) is 17.7 Å². The summed E-state index contributed by atoms with van der Waals surface area (Å²) in [7, 11) is -4.00. The highest BCUT2D eigenvalue weighted by atomic mass is 32.2. The number of aliphatic hydroxyl groups excluding tert-OH is 1. The van der Waals surface area contributed by atoms with E-state index in [0.717, 1.165) is 23.2 Å². The SMILES string of the molecule is Cc1ccc(S(=O)(=O)OCC(C)(CO)n2cc3c(n2)CCCN(C(=O)OC(C)(C)C)C3)cc1. The Balaban J connectivity index is 1.77. The smallest absolute Gasteiger partial charge is 0.410 e. The first-order valence-electron chi connectivity index (χ1n) is 11.0. The standard InChI is InChI=1S/C23H33N3O6S/c1-17-8-10-19(11-9-17)33(29,30)31-16-23(5,15-27)26-14-18-13-25(12-6-7-20(18)24-26)21(28)32-22(2,3)4/h8-11,14,27H,6-7,12-13,15-16H2,1-5H3. The Morgan fingerprint density at radius 2 is 1.85 bits per heavy atom. The molecule has 0 saturated carbocycles. The summed E-state index contributed by atoms with van der Waals surface area (Å²) >= 11 is 0. The van der Waals surface area contributed by atoms with Gasteiger partial charge < -0.3 is 14.7 Å². The number of aryl methyl sites for hydroxylation is 2. The van der Waals surface area contributed by atoms with Crippen molar-refractivity contribution in [2.75, 3.05) is 19.8 Å². The van der Waals surface area contributed by atoms with Gasteiger partial charge in [0.05, 0.1) is 30.3 Å². The lowest BCUT2D eigenvalue weighted by Gasteiger charge is -2.28. The van der Waals surface area contributed by atoms with Crippen molar-refractivity contribution in [2.45, 2.75) is 70.0 Å². The number of fused-ring (bicyclic) bond motifs is 1. The quantitative estimate of drug-likeness (QED) is 0.634. The molecule has 0 aliphatic carbocycles. The minimum atomic E-state index is -4.00. The van der Waals surface area contributed by atoms with E-state index >= 15 is 0 Å². The van der Waals surface area contributed by atoms with E-state index in [-0.39, 0.29) is 24.2 Å². The Hall–Kier alpha value is -2.43. The highest BCUT2D eigenvalue weighted by Gasteiger charge is 2.33. The number of nitrogens with zero attached hydrogens (tertiary/aromatic N) is 3. The van der Waals surface area contributed by atoms with E-state index in [2.05, 4.69) is 5.10 Å². The molecular formula is C23H33N3O6S. The number of carbonyl (C=O) groups excluding carboxylic acids is 1. The average molecular weight is 480 g/mol. The maximum Gasteiger partial charge on any atom is 0.410 e. The maximum atomic E-state index is 12.6. The van der Waals surface area contributed by atoms with Crippen molar-refractivity contribution in [3.05, 3.63) is 47.3 Å². The third-order valence-corrected chi connectivity index (χ3v) is 6.74. The van der Waals surface area contributed by atoms with E-state index in [1.165, 1.54) is 12.1 Å². The molecule has 1 amide bonds. The predicted octanol–water partition coefficient (Wildman–Crippen LogP) is 2.99. The predicted molar refractivity (Wildman–Crippen MR) is 122 cm³/mol. The lowest BCUT2D eigenvalue weighted by Crippen LogP contribution is -2.40. The summed E-state index contributed by atoms with van der Waals surface area (Å²) in [5.74, 6) is 0. The number of rotatable bonds is 6. The number of amides is 1. The van der Waals surface area contributed by atoms with Gasteiger partial charge in [0.25, 0.3) is 10.1 Å². The molecule has 2 aromatic rings. The fraction of sp³-hybridized carbons (Fsp3) is 0.565. The number of hydrogen-bond acceptors (Lipinski definition) is 7. The Morgan fingerprint density at radius 1 is 1.18 bits per heavy atom. The zero-order chi connectivity index (χ0) is 24.4. The lowest BCUT2D eigenvalue weighted by molar-refractivity contribution is 0.0235. The zero-order valence-corrected chi connectivity index (χ0v) is 20.7. The molecule has 0 fully saturated rings. The van der Waals surface area contributed by atoms with Crippen LogP contribution in [0.3, 0.4) is 0 Å². The van der Waals surface area contributed by atoms with Crippen molar-refractivity contribution in [1.29, 1.82) is 0 Å². The number of ether oxygens (including phenoxy) is 1. The van der Waals surface area contributed by atoms with Crippen molar-refractivity contribution in [2.24, 2.45) is 0 Å². The summed E-state index contributed by atoms with van der Waals surface area (Å²) in [4.78, 5) is 14.2. The van der Waals surface area contributed by atoms with Crippen LogP contribution in [0, 0.1) is 6.92 Å². The summed E-state index contributed by atoms with van der Waals surface area (Å²) in [6.07, 6.45) is 2.74. The summed E-state index contributed by atoms with van der Waals surface area (Å²) in [6.45, 7) is 9.22. The molecule has 1 atom stereocenters. The Labute approximate surface area is 195 Å². The minimum absolute atomic E-state index is 0.0534. The molecule has 182 valence electrons. The number of hydrogen-bond donors (Lipinski definition) is 1. The van der Waals surface area contributed by atoms with E-state index in [0.29, 0.717) is 19.5 Å². The third-order valence-electron chi connectivity index (χ3n) is 5.46. The van der Waals surface area contributed by atoms with Gasteiger partial charge in [0.2, 0.25) is 0 Å². The van der Waals surface area contributed by atoms with Crippen LogP contribution >= 0.6 is 0 Å². The third kappa shape index (κ3) is 6.13. The number of aliphatic hydroxyl groups is 1. The van der Waals surface area contributed by atoms with Crippen LogP contribution in [0.5, 0.6) is 0 Å². The van der Waals surface area contributed by atoms with Crippen LogP contribution in [-0.4, -0.2) is 59.7 Å². The highest BCUT2D eigenvalue weighted by molar-refractivity contribution is 7.86. The fourth-order valence-electron chi connectivity index (χ4n) is 3.43. The number of carbonyl (C=O) groups is 1. The van der Waals surface area contributed by atoms with Gasteiger partial charge in [0.1, 0.15) is 11.1 Å². The molecule has 1 unspecified atom stereocenters. The van der Waals surface area contributed by atoms with E-state index in [4.69, 9.17) is 8.92 Å². The molecule has 0 radical (unpaired) electrons. The molecule has 1 aliphatic rings. The van der Waals surface area contributed by atoms with E-state index < -0.39 is 21.3 Å². The van der Waals surface area contributed by atoms with Crippen LogP contribution in [0.25, 0.3) is 0 Å². The van der Waals surface area contributed by atoms with Gasteiger partial charge in [-0.05, 0) is 59.6 Å². The number of benzene rings is 1. The topological polar surface area (TPSA) is 111 Å². The van der Waals surface area contributed by atoms with Gasteiger partial charge in [0.15, 0.2) is 0 Å². The van der Waals surface area contributed by atoms with Gasteiger partial charge >= 0.3 is 6.09 Å². The Kier molecular flexibility index (Phi) is 7.21. The van der Waals surface area contributed by atoms with E-state index in [1.807, 2.05) is 27.7 Å². The van der Waals surface area contributed by atoms with Gasteiger partial charge in [-0.2, -0.15) is 13.5 Å². The van der Waals surface area contributed by atoms with Crippen molar-refractivity contribution in [3.8, 4) is 0 Å². The Morgan fingerprint density at radius 3 is 2.45 bits per heavy atom. The number of aromatic nitrogens is 2. The molecule has 9 nitrogen and oxygen atoms in total. The molecule has 2 heterocycles. The van der Waals surface area contributed by atoms with E-state index in [1.54, 1.807) is 34.8 Å². The monoisotopic (exact) mass is 479 g/mol. The van der Waals surface area contributed by atoms with Crippen molar-refractivity contribution in [3.63, 3.8) is 0 Å². The van der Waals surface area contributed by atoms with Crippen LogP contribution in [-0.2, 0) is 37.5 Å². The molecule has 1 N–H and O–H groups in total. The first-order chi connectivity index (χ1) is 15.3. The average Bonchev–Trinajstić information content (AvgIpc) is 3.03. The molecule has 3 rings (SSSR count). The largest absolute Gasteiger partial charge is 0.444 e. The highest BCUT2D eigenvalue weighted by Crippen LogP contribution is 2.25. The zero-order valence-electron chi connectivity index (χ0n) is 19.9. The molecule has 10 heteroatoms. The molecule has 0 saturated heterocycles. The van der Waals surface area contributed by atoms with Crippen LogP contribution < -0.4 is 0 Å². The molecule has 33 heavy (non-hydrogen) atoms. The lowest BCUT2D eigenvalue weighted by atomic mass is 10.1. The molecule has 0 bridgehead atoms. The fourth-order valence-corrected chi connectivity index (χ4v) is 4.45. The molecule has 1 aromatic carbocycles. The molecular weight excluding hydrogens is 446 g/mol. The van der Waals surface area contributed by atoms with Gasteiger partial charge in [-0.25, -0.2) is 4.79 Å². The van der Waals surface area contributed by atoms with Crippen LogP contribution in [0.4, 0.5) is 4.79 Å². The van der Waals surface area contributed by atoms with Crippen molar-refractivity contribution < 1.29 is 27.2 Å². The summed E-state index contributed by atoms with van der Waals surface area (Å²) in [6, 6.07) is 6.37. The second-order valence-corrected chi connectivity index (χ2v) is 11.4. The van der Waals surface area contributed by atoms with Gasteiger partial charge in [-0.15, -0.1) is 0 Å². The maximum absolute atomic E-state index is 12.6. The van der Waals surface area contributed by atoms with Gasteiger partial charge in [0, 0.05) is 18.3 Å². The Bertz CT molecular complexity index is 1090. The second kappa shape index (κ2) is 9.44. The van der Waals surface area contributed by atoms with E-state index in [9.17, 15) is 18.3 Å². The molecule has 1 aromatic heterocycles. The van der Waals surface area contributed by atoms with Crippen LogP contribution in [0.15, 0.2) is 35.4 Å². The normalized spacial score (nSPS) is 16.6. The second-order valence-electron chi connectivity index (χ2n) is 9.74. The molecule has 0 spiro atoms. The summed E-state index contributed by atoms with van der Waals surface area (Å²) < 4.78 is 37.6. The van der Waals surface area contributed by atoms with Gasteiger partial charge in [-0.3, -0.25) is 8.86 Å². The first kappa shape index (κ1) is 25.2. The van der Waals surface area contributed by atoms with Crippen molar-refractivity contribution >= 4 is 16.2 Å². The first-order valence-corrected chi connectivity index (χ1v) is 12.4. The summed E-state index contributed by atoms with van der Waals surface area (Å²) in [5.41, 5.74) is 0.876. The van der Waals surface area contributed by atoms with Crippen molar-refractivity contribution in [1.82, 2.24) is 14.7 Å². The molecule has 1 aliphatic heterocycles. The van der Waals surface area contributed by atoms with Crippen LogP contribution in [0.1, 0.15) is 50.9 Å². The van der Waals surface area contributed by atoms with Crippen LogP contribution in [0.2, 0.25) is 0 Å². The summed E-state index contributed by atoms with van der Waals surface area (Å²) in [5, 5.41) is 14.7.